The fourth-order valence-electron chi connectivity index (χ4n) is 4.59. The van der Waals surface area contributed by atoms with Crippen LogP contribution in [0.25, 0.3) is 55.0 Å². The molecule has 3 aromatic carbocycles. The third kappa shape index (κ3) is 3.15. The van der Waals surface area contributed by atoms with E-state index < -0.39 is 0 Å². The Balaban J connectivity index is 1.55. The maximum Gasteiger partial charge on any atom is 0.142 e. The number of aromatic amines is 2. The first-order valence-electron chi connectivity index (χ1n) is 11.5. The van der Waals surface area contributed by atoms with Crippen LogP contribution in [0.3, 0.4) is 0 Å². The van der Waals surface area contributed by atoms with Crippen molar-refractivity contribution in [3.63, 3.8) is 0 Å². The second kappa shape index (κ2) is 7.34. The van der Waals surface area contributed by atoms with Crippen molar-refractivity contribution >= 4 is 32.5 Å². The summed E-state index contributed by atoms with van der Waals surface area (Å²) in [5, 5.41) is 5.80. The Hall–Kier alpha value is -3.86. The fraction of sp³-hybridized carbons (Fsp3) is 0.214. The summed E-state index contributed by atoms with van der Waals surface area (Å²) in [7, 11) is 0. The van der Waals surface area contributed by atoms with E-state index in [1.165, 1.54) is 16.2 Å². The molecule has 0 aliphatic heterocycles. The van der Waals surface area contributed by atoms with Crippen LogP contribution in [0.4, 0.5) is 0 Å². The predicted octanol–water partition coefficient (Wildman–Crippen LogP) is 7.77. The Morgan fingerprint density at radius 3 is 1.73 bits per heavy atom. The van der Waals surface area contributed by atoms with Gasteiger partial charge in [-0.25, -0.2) is 9.97 Å². The number of benzene rings is 3. The van der Waals surface area contributed by atoms with Crippen LogP contribution in [0.2, 0.25) is 0 Å². The molecule has 6 rings (SSSR count). The molecule has 5 heteroatoms. The topological polar surface area (TPSA) is 70.5 Å². The van der Waals surface area contributed by atoms with Gasteiger partial charge in [0.1, 0.15) is 17.2 Å². The quantitative estimate of drug-likeness (QED) is 0.278. The molecule has 2 N–H and O–H groups in total. The molecule has 0 unspecified atom stereocenters. The Morgan fingerprint density at radius 2 is 1.18 bits per heavy atom. The van der Waals surface area contributed by atoms with Crippen LogP contribution < -0.4 is 0 Å². The van der Waals surface area contributed by atoms with Gasteiger partial charge in [0, 0.05) is 33.7 Å². The largest absolute Gasteiger partial charge is 0.464 e. The van der Waals surface area contributed by atoms with Gasteiger partial charge in [-0.2, -0.15) is 0 Å². The van der Waals surface area contributed by atoms with E-state index in [2.05, 4.69) is 90.1 Å². The van der Waals surface area contributed by atoms with Crippen molar-refractivity contribution in [2.75, 3.05) is 0 Å². The normalized spacial score (nSPS) is 12.2. The van der Waals surface area contributed by atoms with Crippen molar-refractivity contribution < 1.29 is 4.42 Å². The SMILES string of the molecule is CC(C)c1ncc(-c2ccc3c(c2)c2ccoc2c2cc(-c4cnc(C(C)C)[nH]4)ccc32)[nH]1. The second-order valence-corrected chi connectivity index (χ2v) is 9.36. The maximum atomic E-state index is 6.01. The zero-order valence-electron chi connectivity index (χ0n) is 19.2. The van der Waals surface area contributed by atoms with E-state index in [0.717, 1.165) is 50.5 Å². The Morgan fingerprint density at radius 1 is 0.636 bits per heavy atom. The van der Waals surface area contributed by atoms with E-state index in [-0.39, 0.29) is 0 Å². The number of aromatic nitrogens is 4. The summed E-state index contributed by atoms with van der Waals surface area (Å²) in [5.74, 6) is 2.73. The van der Waals surface area contributed by atoms with Gasteiger partial charge in [0.25, 0.3) is 0 Å². The number of nitrogens with zero attached hydrogens (tertiary/aromatic N) is 2. The lowest BCUT2D eigenvalue weighted by atomic mass is 9.95. The average molecular weight is 435 g/mol. The van der Waals surface area contributed by atoms with Crippen molar-refractivity contribution in [1.82, 2.24) is 19.9 Å². The molecule has 6 aromatic rings. The van der Waals surface area contributed by atoms with E-state index in [0.29, 0.717) is 11.8 Å². The van der Waals surface area contributed by atoms with Gasteiger partial charge in [-0.1, -0.05) is 52.0 Å². The molecular formula is C28H26N4O. The Labute approximate surface area is 191 Å². The summed E-state index contributed by atoms with van der Waals surface area (Å²) in [6.45, 7) is 8.57. The first-order valence-corrected chi connectivity index (χ1v) is 11.5. The minimum absolute atomic E-state index is 0.362. The first kappa shape index (κ1) is 19.8. The highest BCUT2D eigenvalue weighted by atomic mass is 16.3. The van der Waals surface area contributed by atoms with E-state index in [4.69, 9.17) is 4.42 Å². The number of H-pyrrole nitrogens is 2. The predicted molar refractivity (Wildman–Crippen MR) is 135 cm³/mol. The zero-order chi connectivity index (χ0) is 22.7. The molecule has 0 bridgehead atoms. The lowest BCUT2D eigenvalue weighted by molar-refractivity contribution is 0.619. The third-order valence-electron chi connectivity index (χ3n) is 6.44. The zero-order valence-corrected chi connectivity index (χ0v) is 19.2. The minimum Gasteiger partial charge on any atom is -0.464 e. The summed E-state index contributed by atoms with van der Waals surface area (Å²) >= 11 is 0. The molecule has 0 radical (unpaired) electrons. The molecule has 33 heavy (non-hydrogen) atoms. The molecular weight excluding hydrogens is 408 g/mol. The van der Waals surface area contributed by atoms with E-state index in [1.807, 2.05) is 12.4 Å². The first-order chi connectivity index (χ1) is 16.0. The molecule has 0 atom stereocenters. The van der Waals surface area contributed by atoms with Gasteiger partial charge in [0.05, 0.1) is 30.0 Å². The van der Waals surface area contributed by atoms with Crippen LogP contribution in [-0.2, 0) is 0 Å². The molecule has 0 amide bonds. The minimum atomic E-state index is 0.362. The van der Waals surface area contributed by atoms with Gasteiger partial charge >= 0.3 is 0 Å². The van der Waals surface area contributed by atoms with Crippen molar-refractivity contribution in [1.29, 1.82) is 0 Å². The number of fused-ring (bicyclic) bond motifs is 6. The van der Waals surface area contributed by atoms with Gasteiger partial charge in [-0.15, -0.1) is 0 Å². The van der Waals surface area contributed by atoms with E-state index in [1.54, 1.807) is 6.26 Å². The fourth-order valence-corrected chi connectivity index (χ4v) is 4.59. The molecule has 0 saturated heterocycles. The summed E-state index contributed by atoms with van der Waals surface area (Å²) in [5.41, 5.74) is 5.20. The average Bonchev–Trinajstić information content (AvgIpc) is 3.59. The number of furan rings is 1. The van der Waals surface area contributed by atoms with E-state index in [9.17, 15) is 0 Å². The summed E-state index contributed by atoms with van der Waals surface area (Å²) in [6.07, 6.45) is 5.62. The highest BCUT2D eigenvalue weighted by Crippen LogP contribution is 2.39. The highest BCUT2D eigenvalue weighted by Gasteiger charge is 2.15. The van der Waals surface area contributed by atoms with Gasteiger partial charge in [-0.05, 0) is 34.4 Å². The molecule has 3 heterocycles. The summed E-state index contributed by atoms with van der Waals surface area (Å²) < 4.78 is 6.01. The molecule has 5 nitrogen and oxygen atoms in total. The smallest absolute Gasteiger partial charge is 0.142 e. The van der Waals surface area contributed by atoms with Crippen molar-refractivity contribution in [2.45, 2.75) is 39.5 Å². The van der Waals surface area contributed by atoms with Crippen LogP contribution in [0.1, 0.15) is 51.2 Å². The molecule has 3 aromatic heterocycles. The molecule has 0 spiro atoms. The van der Waals surface area contributed by atoms with E-state index >= 15 is 0 Å². The van der Waals surface area contributed by atoms with Gasteiger partial charge < -0.3 is 14.4 Å². The Bertz CT molecular complexity index is 1510. The van der Waals surface area contributed by atoms with Crippen molar-refractivity contribution in [3.8, 4) is 22.5 Å². The van der Waals surface area contributed by atoms with Gasteiger partial charge in [-0.3, -0.25) is 0 Å². The third-order valence-corrected chi connectivity index (χ3v) is 6.44. The summed E-state index contributed by atoms with van der Waals surface area (Å²) in [4.78, 5) is 16.0. The maximum absolute atomic E-state index is 6.01. The number of imidazole rings is 2. The highest BCUT2D eigenvalue weighted by molar-refractivity contribution is 6.24. The second-order valence-electron chi connectivity index (χ2n) is 9.36. The number of nitrogens with one attached hydrogen (secondary N) is 2. The van der Waals surface area contributed by atoms with Crippen molar-refractivity contribution in [2.24, 2.45) is 0 Å². The lowest BCUT2D eigenvalue weighted by Gasteiger charge is -2.10. The molecule has 0 fully saturated rings. The number of hydrogen-bond acceptors (Lipinski definition) is 3. The van der Waals surface area contributed by atoms with Crippen LogP contribution in [0.15, 0.2) is 65.5 Å². The summed E-state index contributed by atoms with van der Waals surface area (Å²) in [6, 6.07) is 15.2. The van der Waals surface area contributed by atoms with Crippen LogP contribution in [0.5, 0.6) is 0 Å². The van der Waals surface area contributed by atoms with Crippen LogP contribution in [0, 0.1) is 0 Å². The monoisotopic (exact) mass is 434 g/mol. The van der Waals surface area contributed by atoms with Crippen LogP contribution in [-0.4, -0.2) is 19.9 Å². The molecule has 164 valence electrons. The molecule has 0 aliphatic rings. The van der Waals surface area contributed by atoms with Crippen molar-refractivity contribution in [3.05, 3.63) is 72.8 Å². The standard InChI is InChI=1S/C28H26N4O/c1-15(2)27-29-13-24(31-27)17-5-7-19-20-8-6-18(25-14-30-28(32-25)16(3)4)12-23(20)26-21(9-10-33-26)22(19)11-17/h5-16H,1-4H3,(H,29,31)(H,30,32). The van der Waals surface area contributed by atoms with Gasteiger partial charge in [0.2, 0.25) is 0 Å². The molecule has 0 aliphatic carbocycles. The number of hydrogen-bond donors (Lipinski definition) is 2. The molecule has 0 saturated carbocycles. The van der Waals surface area contributed by atoms with Crippen LogP contribution >= 0.6 is 0 Å². The van der Waals surface area contributed by atoms with Gasteiger partial charge in [0.15, 0.2) is 0 Å². The number of rotatable bonds is 4. The Kier molecular flexibility index (Phi) is 4.40. The lowest BCUT2D eigenvalue weighted by Crippen LogP contribution is -1.90.